The van der Waals surface area contributed by atoms with Gasteiger partial charge >= 0.3 is 0 Å². The van der Waals surface area contributed by atoms with E-state index in [2.05, 4.69) is 24.1 Å². The number of rotatable bonds is 7. The first-order chi connectivity index (χ1) is 8.53. The van der Waals surface area contributed by atoms with E-state index >= 15 is 0 Å². The van der Waals surface area contributed by atoms with Crippen molar-refractivity contribution >= 4 is 5.91 Å². The number of nitrogens with zero attached hydrogens (tertiary/aromatic N) is 1. The molecule has 0 aromatic carbocycles. The van der Waals surface area contributed by atoms with Gasteiger partial charge < -0.3 is 10.1 Å². The standard InChI is InChI=1S/C14H28N2O2/c1-14(2)12-16(10-11-18-14)9-7-5-4-6-8-13(17)15-3/h4-12H2,1-3H3,(H,15,17). The summed E-state index contributed by atoms with van der Waals surface area (Å²) in [6.07, 6.45) is 5.27. The molecule has 0 saturated carbocycles. The summed E-state index contributed by atoms with van der Waals surface area (Å²) in [6, 6.07) is 0. The highest BCUT2D eigenvalue weighted by atomic mass is 16.5. The highest BCUT2D eigenvalue weighted by Crippen LogP contribution is 2.17. The molecule has 0 aromatic rings. The molecule has 106 valence electrons. The molecule has 1 saturated heterocycles. The molecule has 1 aliphatic rings. The van der Waals surface area contributed by atoms with Gasteiger partial charge in [0, 0.05) is 26.6 Å². The van der Waals surface area contributed by atoms with Gasteiger partial charge in [-0.3, -0.25) is 9.69 Å². The van der Waals surface area contributed by atoms with Gasteiger partial charge in [0.2, 0.25) is 5.91 Å². The summed E-state index contributed by atoms with van der Waals surface area (Å²) in [5.41, 5.74) is 0.0114. The molecule has 0 aliphatic carbocycles. The Morgan fingerprint density at radius 3 is 2.67 bits per heavy atom. The molecule has 0 bridgehead atoms. The molecule has 1 fully saturated rings. The molecular formula is C14H28N2O2. The first kappa shape index (κ1) is 15.4. The Kier molecular flexibility index (Phi) is 6.65. The molecule has 4 nitrogen and oxygen atoms in total. The fraction of sp³-hybridized carbons (Fsp3) is 0.929. The number of carbonyl (C=O) groups excluding carboxylic acids is 1. The molecule has 0 radical (unpaired) electrons. The van der Waals surface area contributed by atoms with Gasteiger partial charge in [0.25, 0.3) is 0 Å². The molecular weight excluding hydrogens is 228 g/mol. The second kappa shape index (κ2) is 7.74. The van der Waals surface area contributed by atoms with Crippen molar-refractivity contribution in [2.24, 2.45) is 0 Å². The summed E-state index contributed by atoms with van der Waals surface area (Å²) in [4.78, 5) is 13.5. The van der Waals surface area contributed by atoms with Crippen LogP contribution in [0.2, 0.25) is 0 Å². The van der Waals surface area contributed by atoms with E-state index in [1.807, 2.05) is 0 Å². The Hall–Kier alpha value is -0.610. The number of morpholine rings is 1. The molecule has 4 heteroatoms. The van der Waals surface area contributed by atoms with Gasteiger partial charge in [-0.05, 0) is 33.2 Å². The van der Waals surface area contributed by atoms with E-state index in [4.69, 9.17) is 4.74 Å². The maximum Gasteiger partial charge on any atom is 0.219 e. The number of ether oxygens (including phenoxy) is 1. The Balaban J connectivity index is 1.99. The second-order valence-corrected chi connectivity index (χ2v) is 5.72. The van der Waals surface area contributed by atoms with E-state index in [-0.39, 0.29) is 11.5 Å². The number of hydrogen-bond donors (Lipinski definition) is 1. The minimum atomic E-state index is 0.0114. The molecule has 1 heterocycles. The third kappa shape index (κ3) is 6.36. The van der Waals surface area contributed by atoms with Crippen molar-refractivity contribution in [1.29, 1.82) is 0 Å². The fourth-order valence-electron chi connectivity index (χ4n) is 2.40. The monoisotopic (exact) mass is 256 g/mol. The van der Waals surface area contributed by atoms with E-state index in [1.165, 1.54) is 12.8 Å². The summed E-state index contributed by atoms with van der Waals surface area (Å²) in [6.45, 7) is 8.41. The predicted molar refractivity (Wildman–Crippen MR) is 73.6 cm³/mol. The number of carbonyl (C=O) groups is 1. The van der Waals surface area contributed by atoms with Crippen molar-refractivity contribution in [3.63, 3.8) is 0 Å². The lowest BCUT2D eigenvalue weighted by Gasteiger charge is -2.38. The van der Waals surface area contributed by atoms with Crippen LogP contribution in [0.5, 0.6) is 0 Å². The van der Waals surface area contributed by atoms with Gasteiger partial charge in [-0.2, -0.15) is 0 Å². The van der Waals surface area contributed by atoms with Crippen LogP contribution in [0, 0.1) is 0 Å². The molecule has 0 unspecified atom stereocenters. The minimum Gasteiger partial charge on any atom is -0.373 e. The molecule has 1 amide bonds. The first-order valence-electron chi connectivity index (χ1n) is 7.10. The highest BCUT2D eigenvalue weighted by Gasteiger charge is 2.26. The molecule has 1 N–H and O–H groups in total. The van der Waals surface area contributed by atoms with E-state index < -0.39 is 0 Å². The largest absolute Gasteiger partial charge is 0.373 e. The molecule has 0 aromatic heterocycles. The quantitative estimate of drug-likeness (QED) is 0.706. The van der Waals surface area contributed by atoms with Crippen molar-refractivity contribution in [2.45, 2.75) is 51.6 Å². The molecule has 1 aliphatic heterocycles. The lowest BCUT2D eigenvalue weighted by atomic mass is 10.1. The summed E-state index contributed by atoms with van der Waals surface area (Å²) >= 11 is 0. The zero-order chi connectivity index (χ0) is 13.4. The maximum absolute atomic E-state index is 11.0. The van der Waals surface area contributed by atoms with Crippen LogP contribution in [0.15, 0.2) is 0 Å². The van der Waals surface area contributed by atoms with Gasteiger partial charge in [0.1, 0.15) is 0 Å². The van der Waals surface area contributed by atoms with Crippen molar-refractivity contribution in [2.75, 3.05) is 33.3 Å². The molecule has 0 atom stereocenters. The summed E-state index contributed by atoms with van der Waals surface area (Å²) in [5.74, 6) is 0.157. The SMILES string of the molecule is CNC(=O)CCCCCCN1CCOC(C)(C)C1. The Bertz CT molecular complexity index is 254. The van der Waals surface area contributed by atoms with Crippen LogP contribution in [-0.4, -0.2) is 49.7 Å². The van der Waals surface area contributed by atoms with E-state index in [1.54, 1.807) is 7.05 Å². The van der Waals surface area contributed by atoms with Gasteiger partial charge in [-0.15, -0.1) is 0 Å². The Labute approximate surface area is 111 Å². The summed E-state index contributed by atoms with van der Waals surface area (Å²) in [7, 11) is 1.70. The lowest BCUT2D eigenvalue weighted by molar-refractivity contribution is -0.120. The minimum absolute atomic E-state index is 0.0114. The third-order valence-electron chi connectivity index (χ3n) is 3.41. The maximum atomic E-state index is 11.0. The van der Waals surface area contributed by atoms with Gasteiger partial charge in [0.15, 0.2) is 0 Å². The van der Waals surface area contributed by atoms with Crippen molar-refractivity contribution < 1.29 is 9.53 Å². The first-order valence-corrected chi connectivity index (χ1v) is 7.10. The number of amides is 1. The third-order valence-corrected chi connectivity index (χ3v) is 3.41. The van der Waals surface area contributed by atoms with E-state index in [0.29, 0.717) is 6.42 Å². The molecule has 1 rings (SSSR count). The lowest BCUT2D eigenvalue weighted by Crippen LogP contribution is -2.48. The van der Waals surface area contributed by atoms with Crippen LogP contribution >= 0.6 is 0 Å². The van der Waals surface area contributed by atoms with Crippen LogP contribution < -0.4 is 5.32 Å². The average Bonchev–Trinajstić information content (AvgIpc) is 2.32. The van der Waals surface area contributed by atoms with Crippen molar-refractivity contribution in [3.8, 4) is 0 Å². The predicted octanol–water partition coefficient (Wildman–Crippen LogP) is 1.79. The van der Waals surface area contributed by atoms with Crippen LogP contribution in [0.25, 0.3) is 0 Å². The fourth-order valence-corrected chi connectivity index (χ4v) is 2.40. The highest BCUT2D eigenvalue weighted by molar-refractivity contribution is 5.75. The van der Waals surface area contributed by atoms with E-state index in [0.717, 1.165) is 39.1 Å². The summed E-state index contributed by atoms with van der Waals surface area (Å²) in [5, 5.41) is 2.66. The number of unbranched alkanes of at least 4 members (excludes halogenated alkanes) is 3. The molecule has 0 spiro atoms. The zero-order valence-electron chi connectivity index (χ0n) is 12.1. The summed E-state index contributed by atoms with van der Waals surface area (Å²) < 4.78 is 5.69. The average molecular weight is 256 g/mol. The van der Waals surface area contributed by atoms with Crippen molar-refractivity contribution in [1.82, 2.24) is 10.2 Å². The van der Waals surface area contributed by atoms with Crippen molar-refractivity contribution in [3.05, 3.63) is 0 Å². The van der Waals surface area contributed by atoms with Gasteiger partial charge in [0.05, 0.1) is 12.2 Å². The topological polar surface area (TPSA) is 41.6 Å². The van der Waals surface area contributed by atoms with Crippen LogP contribution in [0.1, 0.15) is 46.0 Å². The smallest absolute Gasteiger partial charge is 0.219 e. The van der Waals surface area contributed by atoms with Crippen LogP contribution in [-0.2, 0) is 9.53 Å². The van der Waals surface area contributed by atoms with Crippen LogP contribution in [0.4, 0.5) is 0 Å². The van der Waals surface area contributed by atoms with Crippen LogP contribution in [0.3, 0.4) is 0 Å². The Morgan fingerprint density at radius 2 is 2.00 bits per heavy atom. The molecule has 18 heavy (non-hydrogen) atoms. The number of hydrogen-bond acceptors (Lipinski definition) is 3. The second-order valence-electron chi connectivity index (χ2n) is 5.72. The van der Waals surface area contributed by atoms with Gasteiger partial charge in [-0.1, -0.05) is 12.8 Å². The van der Waals surface area contributed by atoms with E-state index in [9.17, 15) is 4.79 Å². The zero-order valence-corrected chi connectivity index (χ0v) is 12.1. The van der Waals surface area contributed by atoms with Gasteiger partial charge in [-0.25, -0.2) is 0 Å². The normalized spacial score (nSPS) is 19.7. The Morgan fingerprint density at radius 1 is 1.28 bits per heavy atom. The number of nitrogens with one attached hydrogen (secondary N) is 1.